The van der Waals surface area contributed by atoms with Crippen molar-refractivity contribution >= 4 is 15.7 Å². The molecule has 0 aliphatic rings. The van der Waals surface area contributed by atoms with Crippen LogP contribution < -0.4 is 0 Å². The van der Waals surface area contributed by atoms with E-state index in [0.29, 0.717) is 0 Å². The van der Waals surface area contributed by atoms with Gasteiger partial charge >= 0.3 is 5.82 Å². The lowest BCUT2D eigenvalue weighted by Gasteiger charge is -2.06. The molecule has 0 unspecified atom stereocenters. The SMILES string of the molecule is Cc1ccc(S(=O)(=O)c2ccc(Cn3nccc3[N+](=O)[O-])cc2)cc1. The zero-order chi connectivity index (χ0) is 18.0. The summed E-state index contributed by atoms with van der Waals surface area (Å²) in [4.78, 5) is 10.8. The Labute approximate surface area is 144 Å². The van der Waals surface area contributed by atoms with Crippen molar-refractivity contribution in [2.24, 2.45) is 0 Å². The van der Waals surface area contributed by atoms with Crippen LogP contribution in [0.1, 0.15) is 11.1 Å². The van der Waals surface area contributed by atoms with E-state index in [4.69, 9.17) is 0 Å². The van der Waals surface area contributed by atoms with E-state index in [2.05, 4.69) is 5.10 Å². The minimum atomic E-state index is -3.59. The zero-order valence-electron chi connectivity index (χ0n) is 13.4. The van der Waals surface area contributed by atoms with Gasteiger partial charge in [-0.05, 0) is 41.7 Å². The molecule has 1 heterocycles. The summed E-state index contributed by atoms with van der Waals surface area (Å²) in [5, 5.41) is 14.8. The lowest BCUT2D eigenvalue weighted by Crippen LogP contribution is -2.06. The minimum absolute atomic E-state index is 0.114. The van der Waals surface area contributed by atoms with Crippen molar-refractivity contribution in [1.29, 1.82) is 0 Å². The monoisotopic (exact) mass is 357 g/mol. The molecule has 3 rings (SSSR count). The first-order chi connectivity index (χ1) is 11.9. The second-order valence-electron chi connectivity index (χ2n) is 5.56. The highest BCUT2D eigenvalue weighted by Gasteiger charge is 2.18. The van der Waals surface area contributed by atoms with Crippen molar-refractivity contribution in [3.8, 4) is 0 Å². The molecule has 0 aliphatic heterocycles. The Kier molecular flexibility index (Phi) is 4.37. The van der Waals surface area contributed by atoms with Gasteiger partial charge in [-0.2, -0.15) is 0 Å². The highest BCUT2D eigenvalue weighted by molar-refractivity contribution is 7.91. The van der Waals surface area contributed by atoms with Gasteiger partial charge in [-0.1, -0.05) is 34.9 Å². The molecule has 0 saturated carbocycles. The number of hydrogen-bond acceptors (Lipinski definition) is 5. The van der Waals surface area contributed by atoms with Gasteiger partial charge in [-0.15, -0.1) is 4.68 Å². The summed E-state index contributed by atoms with van der Waals surface area (Å²) >= 11 is 0. The second-order valence-corrected chi connectivity index (χ2v) is 7.51. The molecule has 0 saturated heterocycles. The molecule has 0 bridgehead atoms. The number of nitrogens with zero attached hydrogens (tertiary/aromatic N) is 3. The molecule has 0 fully saturated rings. The Hall–Kier alpha value is -3.00. The summed E-state index contributed by atoms with van der Waals surface area (Å²) in [6, 6.07) is 14.2. The first-order valence-corrected chi connectivity index (χ1v) is 8.93. The fourth-order valence-corrected chi connectivity index (χ4v) is 3.66. The largest absolute Gasteiger partial charge is 0.358 e. The number of benzene rings is 2. The molecule has 7 nitrogen and oxygen atoms in total. The van der Waals surface area contributed by atoms with Crippen LogP contribution in [-0.2, 0) is 16.4 Å². The smallest absolute Gasteiger partial charge is 0.345 e. The lowest BCUT2D eigenvalue weighted by molar-refractivity contribution is -0.392. The molecule has 1 aromatic heterocycles. The molecule has 0 atom stereocenters. The van der Waals surface area contributed by atoms with E-state index in [1.807, 2.05) is 6.92 Å². The predicted molar refractivity (Wildman–Crippen MR) is 91.1 cm³/mol. The Morgan fingerprint density at radius 2 is 1.56 bits per heavy atom. The first-order valence-electron chi connectivity index (χ1n) is 7.45. The highest BCUT2D eigenvalue weighted by Crippen LogP contribution is 2.22. The zero-order valence-corrected chi connectivity index (χ0v) is 14.2. The minimum Gasteiger partial charge on any atom is -0.358 e. The van der Waals surface area contributed by atoms with Crippen molar-refractivity contribution in [3.63, 3.8) is 0 Å². The number of sulfone groups is 1. The molecule has 3 aromatic rings. The summed E-state index contributed by atoms with van der Waals surface area (Å²) in [6.45, 7) is 2.08. The van der Waals surface area contributed by atoms with Crippen LogP contribution in [0.3, 0.4) is 0 Å². The van der Waals surface area contributed by atoms with Crippen molar-refractivity contribution in [2.45, 2.75) is 23.3 Å². The van der Waals surface area contributed by atoms with Crippen LogP contribution in [0.2, 0.25) is 0 Å². The third kappa shape index (κ3) is 3.43. The van der Waals surface area contributed by atoms with E-state index >= 15 is 0 Å². The molecule has 128 valence electrons. The topological polar surface area (TPSA) is 95.1 Å². The quantitative estimate of drug-likeness (QED) is 0.517. The fraction of sp³-hybridized carbons (Fsp3) is 0.118. The van der Waals surface area contributed by atoms with Gasteiger partial charge in [0, 0.05) is 0 Å². The standard InChI is InChI=1S/C17H15N3O4S/c1-13-2-6-15(7-3-13)25(23,24)16-8-4-14(5-9-16)12-19-17(20(21)22)10-11-18-19/h2-11H,12H2,1H3. The molecule has 25 heavy (non-hydrogen) atoms. The third-order valence-electron chi connectivity index (χ3n) is 3.78. The Balaban J connectivity index is 1.86. The normalized spacial score (nSPS) is 11.4. The number of nitro groups is 1. The molecule has 8 heteroatoms. The summed E-state index contributed by atoms with van der Waals surface area (Å²) in [6.07, 6.45) is 1.36. The number of rotatable bonds is 5. The molecule has 0 N–H and O–H groups in total. The fourth-order valence-electron chi connectivity index (χ4n) is 2.40. The van der Waals surface area contributed by atoms with E-state index in [9.17, 15) is 18.5 Å². The molecule has 2 aromatic carbocycles. The van der Waals surface area contributed by atoms with Crippen LogP contribution in [0, 0.1) is 17.0 Å². The molecular weight excluding hydrogens is 342 g/mol. The van der Waals surface area contributed by atoms with Gasteiger partial charge in [0.25, 0.3) is 0 Å². The maximum absolute atomic E-state index is 12.6. The Morgan fingerprint density at radius 3 is 2.12 bits per heavy atom. The maximum Gasteiger partial charge on any atom is 0.345 e. The van der Waals surface area contributed by atoms with E-state index < -0.39 is 14.8 Å². The van der Waals surface area contributed by atoms with Gasteiger partial charge < -0.3 is 10.1 Å². The van der Waals surface area contributed by atoms with Gasteiger partial charge in [0.2, 0.25) is 9.84 Å². The van der Waals surface area contributed by atoms with E-state index in [1.54, 1.807) is 36.4 Å². The third-order valence-corrected chi connectivity index (χ3v) is 5.56. The van der Waals surface area contributed by atoms with Gasteiger partial charge in [-0.25, -0.2) is 8.42 Å². The maximum atomic E-state index is 12.6. The molecule has 0 spiro atoms. The molecule has 0 amide bonds. The van der Waals surface area contributed by atoms with Crippen LogP contribution in [0.4, 0.5) is 5.82 Å². The second kappa shape index (κ2) is 6.48. The summed E-state index contributed by atoms with van der Waals surface area (Å²) in [7, 11) is -3.59. The Morgan fingerprint density at radius 1 is 1.00 bits per heavy atom. The van der Waals surface area contributed by atoms with Crippen molar-refractivity contribution in [2.75, 3.05) is 0 Å². The van der Waals surface area contributed by atoms with Crippen molar-refractivity contribution in [1.82, 2.24) is 9.78 Å². The van der Waals surface area contributed by atoms with Crippen LogP contribution >= 0.6 is 0 Å². The number of aromatic nitrogens is 2. The predicted octanol–water partition coefficient (Wildman–Crippen LogP) is 2.98. The van der Waals surface area contributed by atoms with E-state index in [-0.39, 0.29) is 22.2 Å². The van der Waals surface area contributed by atoms with Crippen LogP contribution in [-0.4, -0.2) is 23.1 Å². The van der Waals surface area contributed by atoms with Crippen molar-refractivity contribution < 1.29 is 13.3 Å². The number of hydrogen-bond donors (Lipinski definition) is 0. The van der Waals surface area contributed by atoms with E-state index in [0.717, 1.165) is 11.1 Å². The van der Waals surface area contributed by atoms with Crippen LogP contribution in [0.15, 0.2) is 70.6 Å². The number of aryl methyl sites for hydroxylation is 1. The van der Waals surface area contributed by atoms with Crippen molar-refractivity contribution in [3.05, 3.63) is 82.0 Å². The van der Waals surface area contributed by atoms with Gasteiger partial charge in [0.05, 0.1) is 22.1 Å². The molecule has 0 aliphatic carbocycles. The molecular formula is C17H15N3O4S. The van der Waals surface area contributed by atoms with Crippen LogP contribution in [0.5, 0.6) is 0 Å². The Bertz CT molecular complexity index is 1010. The summed E-state index contributed by atoms with van der Waals surface area (Å²) < 4.78 is 26.5. The van der Waals surface area contributed by atoms with E-state index in [1.165, 1.54) is 29.1 Å². The van der Waals surface area contributed by atoms with Crippen LogP contribution in [0.25, 0.3) is 0 Å². The first kappa shape index (κ1) is 16.8. The summed E-state index contributed by atoms with van der Waals surface area (Å²) in [5.41, 5.74) is 1.70. The average Bonchev–Trinajstić information content (AvgIpc) is 3.04. The van der Waals surface area contributed by atoms with Gasteiger partial charge in [0.15, 0.2) is 0 Å². The average molecular weight is 357 g/mol. The lowest BCUT2D eigenvalue weighted by atomic mass is 10.2. The van der Waals surface area contributed by atoms with Gasteiger partial charge in [0.1, 0.15) is 6.54 Å². The van der Waals surface area contributed by atoms with Gasteiger partial charge in [-0.3, -0.25) is 0 Å². The summed E-state index contributed by atoms with van der Waals surface area (Å²) in [5.74, 6) is -0.114. The molecule has 0 radical (unpaired) electrons. The highest BCUT2D eigenvalue weighted by atomic mass is 32.2.